The number of carbonyl (C=O) groups is 1. The van der Waals surface area contributed by atoms with Gasteiger partial charge in [0.05, 0.1) is 23.0 Å². The summed E-state index contributed by atoms with van der Waals surface area (Å²) in [6.45, 7) is 1.43. The van der Waals surface area contributed by atoms with Crippen LogP contribution in [-0.2, 0) is 11.5 Å². The highest BCUT2D eigenvalue weighted by Gasteiger charge is 2.27. The van der Waals surface area contributed by atoms with Crippen molar-refractivity contribution in [2.75, 3.05) is 18.4 Å². The maximum Gasteiger partial charge on any atom is 0.421 e. The van der Waals surface area contributed by atoms with Gasteiger partial charge in [-0.25, -0.2) is 4.79 Å². The van der Waals surface area contributed by atoms with Crippen molar-refractivity contribution in [3.05, 3.63) is 69.2 Å². The molecule has 1 N–H and O–H groups in total. The molecular weight excluding hydrogens is 376 g/mol. The largest absolute Gasteiger partial charge is 0.421 e. The lowest BCUT2D eigenvalue weighted by molar-refractivity contribution is -0.384. The van der Waals surface area contributed by atoms with E-state index in [9.17, 15) is 19.7 Å². The smallest absolute Gasteiger partial charge is 0.408 e. The number of hydrogen-bond donors (Lipinski definition) is 1. The third-order valence-corrected chi connectivity index (χ3v) is 5.12. The first-order valence-corrected chi connectivity index (χ1v) is 9.37. The Balaban J connectivity index is 1.50. The van der Waals surface area contributed by atoms with Crippen LogP contribution >= 0.6 is 0 Å². The van der Waals surface area contributed by atoms with Gasteiger partial charge < -0.3 is 9.73 Å². The number of likely N-dealkylation sites (tertiary alicyclic amines) is 1. The maximum atomic E-state index is 12.6. The first kappa shape index (κ1) is 18.9. The third kappa shape index (κ3) is 4.04. The fourth-order valence-corrected chi connectivity index (χ4v) is 3.66. The number of nitro groups is 1. The molecule has 1 atom stereocenters. The van der Waals surface area contributed by atoms with Crippen LogP contribution in [0, 0.1) is 16.0 Å². The summed E-state index contributed by atoms with van der Waals surface area (Å²) in [6.07, 6.45) is 1.58. The van der Waals surface area contributed by atoms with Gasteiger partial charge in [-0.2, -0.15) is 0 Å². The van der Waals surface area contributed by atoms with Crippen LogP contribution in [-0.4, -0.2) is 33.4 Å². The van der Waals surface area contributed by atoms with Crippen LogP contribution in [0.4, 0.5) is 11.4 Å². The molecule has 0 aliphatic carbocycles. The van der Waals surface area contributed by atoms with Crippen molar-refractivity contribution in [1.82, 2.24) is 9.47 Å². The zero-order chi connectivity index (χ0) is 20.4. The van der Waals surface area contributed by atoms with E-state index >= 15 is 0 Å². The molecule has 1 amide bonds. The summed E-state index contributed by atoms with van der Waals surface area (Å²) in [5.74, 6) is -0.829. The van der Waals surface area contributed by atoms with Crippen LogP contribution in [0.2, 0.25) is 0 Å². The number of nitrogens with zero attached hydrogens (tertiary/aromatic N) is 3. The molecule has 9 nitrogen and oxygen atoms in total. The standard InChI is InChI=1S/C20H20N4O5/c25-19(21-15-6-2-1-3-7-15)14-5-4-10-22(12-14)13-23-17-11-16(24(27)28)8-9-18(17)29-20(23)26/h1-3,6-9,11,14H,4-5,10,12-13H2,(H,21,25). The number of oxazole rings is 1. The second-order valence-electron chi connectivity index (χ2n) is 7.12. The molecule has 3 aromatic rings. The summed E-state index contributed by atoms with van der Waals surface area (Å²) >= 11 is 0. The second kappa shape index (κ2) is 7.88. The van der Waals surface area contributed by atoms with Gasteiger partial charge in [-0.1, -0.05) is 18.2 Å². The first-order chi connectivity index (χ1) is 14.0. The molecule has 2 aromatic carbocycles. The lowest BCUT2D eigenvalue weighted by Gasteiger charge is -2.31. The normalized spacial score (nSPS) is 17.3. The quantitative estimate of drug-likeness (QED) is 0.524. The van der Waals surface area contributed by atoms with Crippen LogP contribution < -0.4 is 11.1 Å². The summed E-state index contributed by atoms with van der Waals surface area (Å²) in [6, 6.07) is 13.3. The number of benzene rings is 2. The van der Waals surface area contributed by atoms with Crippen molar-refractivity contribution in [3.63, 3.8) is 0 Å². The lowest BCUT2D eigenvalue weighted by atomic mass is 9.97. The van der Waals surface area contributed by atoms with Crippen LogP contribution in [0.3, 0.4) is 0 Å². The summed E-state index contributed by atoms with van der Waals surface area (Å²) in [4.78, 5) is 37.4. The van der Waals surface area contributed by atoms with Gasteiger partial charge in [-0.15, -0.1) is 0 Å². The van der Waals surface area contributed by atoms with Crippen LogP contribution in [0.5, 0.6) is 0 Å². The Hall–Kier alpha value is -3.46. The molecule has 0 radical (unpaired) electrons. The molecule has 9 heteroatoms. The zero-order valence-corrected chi connectivity index (χ0v) is 15.6. The van der Waals surface area contributed by atoms with E-state index in [-0.39, 0.29) is 24.2 Å². The van der Waals surface area contributed by atoms with Gasteiger partial charge in [-0.05, 0) is 37.6 Å². The van der Waals surface area contributed by atoms with Gasteiger partial charge in [0.25, 0.3) is 5.69 Å². The topological polar surface area (TPSA) is 111 Å². The van der Waals surface area contributed by atoms with Crippen molar-refractivity contribution < 1.29 is 14.1 Å². The van der Waals surface area contributed by atoms with Gasteiger partial charge in [0, 0.05) is 24.4 Å². The van der Waals surface area contributed by atoms with Crippen molar-refractivity contribution in [3.8, 4) is 0 Å². The molecular formula is C20H20N4O5. The third-order valence-electron chi connectivity index (χ3n) is 5.12. The minimum atomic E-state index is -0.573. The van der Waals surface area contributed by atoms with Gasteiger partial charge in [0.2, 0.25) is 5.91 Å². The van der Waals surface area contributed by atoms with E-state index in [1.165, 1.54) is 22.8 Å². The monoisotopic (exact) mass is 396 g/mol. The van der Waals surface area contributed by atoms with E-state index in [0.717, 1.165) is 25.1 Å². The van der Waals surface area contributed by atoms with Crippen LogP contribution in [0.1, 0.15) is 12.8 Å². The molecule has 0 saturated carbocycles. The summed E-state index contributed by atoms with van der Waals surface area (Å²) in [5.41, 5.74) is 1.32. The Bertz CT molecular complexity index is 1110. The molecule has 4 rings (SSSR count). The Morgan fingerprint density at radius 1 is 1.24 bits per heavy atom. The average Bonchev–Trinajstić information content (AvgIpc) is 3.03. The average molecular weight is 396 g/mol. The number of nitro benzene ring substituents is 1. The molecule has 1 aliphatic heterocycles. The fraction of sp³-hybridized carbons (Fsp3) is 0.300. The SMILES string of the molecule is O=C(Nc1ccccc1)C1CCCN(Cn2c(=O)oc3ccc([N+](=O)[O-])cc32)C1. The fourth-order valence-electron chi connectivity index (χ4n) is 3.66. The number of rotatable bonds is 5. The maximum absolute atomic E-state index is 12.6. The van der Waals surface area contributed by atoms with E-state index in [1.807, 2.05) is 35.2 Å². The Kier molecular flexibility index (Phi) is 5.13. The minimum Gasteiger partial charge on any atom is -0.408 e. The van der Waals surface area contributed by atoms with E-state index in [2.05, 4.69) is 5.32 Å². The molecule has 1 fully saturated rings. The zero-order valence-electron chi connectivity index (χ0n) is 15.6. The Morgan fingerprint density at radius 2 is 2.03 bits per heavy atom. The molecule has 29 heavy (non-hydrogen) atoms. The van der Waals surface area contributed by atoms with Crippen LogP contribution in [0.25, 0.3) is 11.1 Å². The van der Waals surface area contributed by atoms with Crippen molar-refractivity contribution in [2.24, 2.45) is 5.92 Å². The second-order valence-corrected chi connectivity index (χ2v) is 7.12. The highest BCUT2D eigenvalue weighted by atomic mass is 16.6. The Labute approximate surface area is 165 Å². The van der Waals surface area contributed by atoms with E-state index in [4.69, 9.17) is 4.42 Å². The minimum absolute atomic E-state index is 0.0547. The molecule has 1 unspecified atom stereocenters. The van der Waals surface area contributed by atoms with Gasteiger partial charge in [0.1, 0.15) is 0 Å². The highest BCUT2D eigenvalue weighted by molar-refractivity contribution is 5.92. The molecule has 1 aromatic heterocycles. The molecule has 150 valence electrons. The van der Waals surface area contributed by atoms with E-state index < -0.39 is 10.7 Å². The number of non-ortho nitro benzene ring substituents is 1. The highest BCUT2D eigenvalue weighted by Crippen LogP contribution is 2.23. The summed E-state index contributed by atoms with van der Waals surface area (Å²) in [5, 5.41) is 14.0. The number of para-hydroxylation sites is 1. The van der Waals surface area contributed by atoms with E-state index in [0.29, 0.717) is 17.6 Å². The Morgan fingerprint density at radius 3 is 2.79 bits per heavy atom. The number of fused-ring (bicyclic) bond motifs is 1. The number of aromatic nitrogens is 1. The number of hydrogen-bond acceptors (Lipinski definition) is 6. The molecule has 1 aliphatic rings. The molecule has 0 bridgehead atoms. The number of piperidine rings is 1. The van der Waals surface area contributed by atoms with Crippen LogP contribution in [0.15, 0.2) is 57.7 Å². The number of anilines is 1. The van der Waals surface area contributed by atoms with E-state index in [1.54, 1.807) is 0 Å². The molecule has 1 saturated heterocycles. The first-order valence-electron chi connectivity index (χ1n) is 9.37. The number of amides is 1. The summed E-state index contributed by atoms with van der Waals surface area (Å²) in [7, 11) is 0. The predicted octanol–water partition coefficient (Wildman–Crippen LogP) is 2.81. The number of carbonyl (C=O) groups excluding carboxylic acids is 1. The summed E-state index contributed by atoms with van der Waals surface area (Å²) < 4.78 is 6.58. The van der Waals surface area contributed by atoms with Gasteiger partial charge >= 0.3 is 5.76 Å². The predicted molar refractivity (Wildman–Crippen MR) is 106 cm³/mol. The van der Waals surface area contributed by atoms with Gasteiger partial charge in [-0.3, -0.25) is 24.4 Å². The van der Waals surface area contributed by atoms with Crippen molar-refractivity contribution in [2.45, 2.75) is 19.5 Å². The lowest BCUT2D eigenvalue weighted by Crippen LogP contribution is -2.42. The van der Waals surface area contributed by atoms with Crippen molar-refractivity contribution >= 4 is 28.4 Å². The molecule has 2 heterocycles. The molecule has 0 spiro atoms. The van der Waals surface area contributed by atoms with Gasteiger partial charge in [0.15, 0.2) is 5.58 Å². The van der Waals surface area contributed by atoms with Crippen molar-refractivity contribution in [1.29, 1.82) is 0 Å². The number of nitrogens with one attached hydrogen (secondary N) is 1.